The van der Waals surface area contributed by atoms with Gasteiger partial charge in [0.2, 0.25) is 0 Å². The zero-order valence-corrected chi connectivity index (χ0v) is 17.3. The summed E-state index contributed by atoms with van der Waals surface area (Å²) in [5.41, 5.74) is 1.45. The minimum Gasteiger partial charge on any atom is -0.479 e. The van der Waals surface area contributed by atoms with E-state index in [9.17, 15) is 9.18 Å². The van der Waals surface area contributed by atoms with Gasteiger partial charge in [0.15, 0.2) is 6.10 Å². The van der Waals surface area contributed by atoms with Gasteiger partial charge in [-0.3, -0.25) is 4.79 Å². The van der Waals surface area contributed by atoms with Crippen LogP contribution in [0.1, 0.15) is 31.5 Å². The summed E-state index contributed by atoms with van der Waals surface area (Å²) < 4.78 is 19.1. The highest BCUT2D eigenvalue weighted by Gasteiger charge is 2.29. The highest BCUT2D eigenvalue weighted by molar-refractivity contribution is 6.35. The van der Waals surface area contributed by atoms with Crippen molar-refractivity contribution < 1.29 is 13.9 Å². The maximum absolute atomic E-state index is 13.4. The van der Waals surface area contributed by atoms with E-state index in [0.29, 0.717) is 34.4 Å². The molecule has 2 heterocycles. The van der Waals surface area contributed by atoms with Crippen LogP contribution in [0, 0.1) is 5.82 Å². The summed E-state index contributed by atoms with van der Waals surface area (Å²) in [7, 11) is 0. The van der Waals surface area contributed by atoms with E-state index in [0.717, 1.165) is 24.2 Å². The van der Waals surface area contributed by atoms with Crippen molar-refractivity contribution in [1.29, 1.82) is 0 Å². The van der Waals surface area contributed by atoms with E-state index >= 15 is 0 Å². The third-order valence-corrected chi connectivity index (χ3v) is 5.73. The number of aromatic nitrogens is 2. The smallest absolute Gasteiger partial charge is 0.263 e. The summed E-state index contributed by atoms with van der Waals surface area (Å²) in [5, 5.41) is 0.883. The Balaban J connectivity index is 1.37. The third kappa shape index (κ3) is 4.33. The fourth-order valence-corrected chi connectivity index (χ4v) is 4.09. The predicted octanol–water partition coefficient (Wildman–Crippen LogP) is 5.18. The molecule has 1 atom stereocenters. The molecule has 1 N–H and O–H groups in total. The van der Waals surface area contributed by atoms with Crippen LogP contribution < -0.4 is 4.74 Å². The van der Waals surface area contributed by atoms with E-state index in [1.54, 1.807) is 36.1 Å². The number of nitrogens with one attached hydrogen (secondary N) is 1. The van der Waals surface area contributed by atoms with E-state index in [1.807, 2.05) is 0 Å². The van der Waals surface area contributed by atoms with Crippen LogP contribution in [0.15, 0.2) is 36.4 Å². The molecule has 8 heteroatoms. The Labute approximate surface area is 177 Å². The lowest BCUT2D eigenvalue weighted by molar-refractivity contribution is -0.139. The minimum atomic E-state index is -0.653. The predicted molar refractivity (Wildman–Crippen MR) is 111 cm³/mol. The first-order chi connectivity index (χ1) is 13.9. The molecule has 0 saturated carbocycles. The van der Waals surface area contributed by atoms with Crippen LogP contribution in [0.25, 0.3) is 11.0 Å². The van der Waals surface area contributed by atoms with Gasteiger partial charge in [0, 0.05) is 24.0 Å². The molecule has 1 amide bonds. The van der Waals surface area contributed by atoms with E-state index in [2.05, 4.69) is 9.97 Å². The number of H-pyrrole nitrogens is 1. The number of carbonyl (C=O) groups excluding carboxylic acids is 1. The molecular weight excluding hydrogens is 416 g/mol. The van der Waals surface area contributed by atoms with E-state index in [-0.39, 0.29) is 17.6 Å². The summed E-state index contributed by atoms with van der Waals surface area (Å²) >= 11 is 12.0. The molecule has 1 unspecified atom stereocenters. The molecule has 1 aromatic heterocycles. The summed E-state index contributed by atoms with van der Waals surface area (Å²) in [5.74, 6) is 1.11. The van der Waals surface area contributed by atoms with Crippen LogP contribution in [0.4, 0.5) is 4.39 Å². The first kappa shape index (κ1) is 20.0. The molecule has 1 aliphatic heterocycles. The zero-order chi connectivity index (χ0) is 20.5. The number of imidazole rings is 1. The van der Waals surface area contributed by atoms with Crippen molar-refractivity contribution in [3.8, 4) is 5.75 Å². The van der Waals surface area contributed by atoms with Gasteiger partial charge in [-0.15, -0.1) is 0 Å². The van der Waals surface area contributed by atoms with E-state index in [4.69, 9.17) is 27.9 Å². The molecule has 1 saturated heterocycles. The lowest BCUT2D eigenvalue weighted by Crippen LogP contribution is -2.44. The Morgan fingerprint density at radius 2 is 2.00 bits per heavy atom. The van der Waals surface area contributed by atoms with Gasteiger partial charge in [-0.1, -0.05) is 23.2 Å². The first-order valence-corrected chi connectivity index (χ1v) is 10.2. The number of nitrogens with zero attached hydrogens (tertiary/aromatic N) is 2. The SMILES string of the molecule is CC(Oc1ccc(Cl)cc1Cl)C(=O)N1CCC(c2nc3ccc(F)cc3[nH]2)CC1. The number of amides is 1. The molecule has 1 aliphatic rings. The Kier molecular flexibility index (Phi) is 5.65. The molecule has 0 radical (unpaired) electrons. The second-order valence-electron chi connectivity index (χ2n) is 7.22. The number of rotatable bonds is 4. The average molecular weight is 436 g/mol. The number of hydrogen-bond acceptors (Lipinski definition) is 3. The number of aromatic amines is 1. The van der Waals surface area contributed by atoms with Gasteiger partial charge < -0.3 is 14.6 Å². The standard InChI is InChI=1S/C21H20Cl2FN3O2/c1-12(29-19-5-2-14(22)10-16(19)23)21(28)27-8-6-13(7-9-27)20-25-17-4-3-15(24)11-18(17)26-20/h2-5,10-13H,6-9H2,1H3,(H,25,26). The van der Waals surface area contributed by atoms with Gasteiger partial charge in [0.25, 0.3) is 5.91 Å². The quantitative estimate of drug-likeness (QED) is 0.613. The lowest BCUT2D eigenvalue weighted by Gasteiger charge is -2.32. The number of benzene rings is 2. The number of likely N-dealkylation sites (tertiary alicyclic amines) is 1. The maximum Gasteiger partial charge on any atom is 0.263 e. The van der Waals surface area contributed by atoms with Crippen LogP contribution in [0.5, 0.6) is 5.75 Å². The Hall–Kier alpha value is -2.31. The monoisotopic (exact) mass is 435 g/mol. The minimum absolute atomic E-state index is 0.0823. The molecule has 152 valence electrons. The van der Waals surface area contributed by atoms with Crippen molar-refractivity contribution in [3.05, 3.63) is 58.1 Å². The number of ether oxygens (including phenoxy) is 1. The molecule has 29 heavy (non-hydrogen) atoms. The lowest BCUT2D eigenvalue weighted by atomic mass is 9.96. The topological polar surface area (TPSA) is 58.2 Å². The zero-order valence-electron chi connectivity index (χ0n) is 15.8. The fourth-order valence-electron chi connectivity index (χ4n) is 3.64. The Bertz CT molecular complexity index is 1050. The van der Waals surface area contributed by atoms with Crippen molar-refractivity contribution in [2.75, 3.05) is 13.1 Å². The molecule has 0 aliphatic carbocycles. The number of piperidine rings is 1. The Morgan fingerprint density at radius 1 is 1.24 bits per heavy atom. The molecule has 4 rings (SSSR count). The van der Waals surface area contributed by atoms with Crippen LogP contribution >= 0.6 is 23.2 Å². The van der Waals surface area contributed by atoms with Gasteiger partial charge in [0.05, 0.1) is 16.1 Å². The van der Waals surface area contributed by atoms with Crippen molar-refractivity contribution in [2.45, 2.75) is 31.8 Å². The number of hydrogen-bond donors (Lipinski definition) is 1. The summed E-state index contributed by atoms with van der Waals surface area (Å²) in [6, 6.07) is 9.44. The number of fused-ring (bicyclic) bond motifs is 1. The summed E-state index contributed by atoms with van der Waals surface area (Å²) in [6.07, 6.45) is 0.907. The second-order valence-corrected chi connectivity index (χ2v) is 8.06. The molecule has 1 fully saturated rings. The number of halogens is 3. The number of carbonyl (C=O) groups is 1. The highest BCUT2D eigenvalue weighted by atomic mass is 35.5. The molecular formula is C21H20Cl2FN3O2. The summed E-state index contributed by atoms with van der Waals surface area (Å²) in [6.45, 7) is 2.93. The van der Waals surface area contributed by atoms with Gasteiger partial charge in [-0.25, -0.2) is 9.37 Å². The summed E-state index contributed by atoms with van der Waals surface area (Å²) in [4.78, 5) is 22.4. The third-order valence-electron chi connectivity index (χ3n) is 5.20. The van der Waals surface area contributed by atoms with Crippen molar-refractivity contribution >= 4 is 40.1 Å². The van der Waals surface area contributed by atoms with Crippen molar-refractivity contribution in [2.24, 2.45) is 0 Å². The maximum atomic E-state index is 13.4. The largest absolute Gasteiger partial charge is 0.479 e. The second kappa shape index (κ2) is 8.20. The molecule has 0 bridgehead atoms. The van der Waals surface area contributed by atoms with Gasteiger partial charge in [0.1, 0.15) is 17.4 Å². The first-order valence-electron chi connectivity index (χ1n) is 9.46. The molecule has 3 aromatic rings. The molecule has 2 aromatic carbocycles. The Morgan fingerprint density at radius 3 is 2.72 bits per heavy atom. The van der Waals surface area contributed by atoms with Crippen molar-refractivity contribution in [3.63, 3.8) is 0 Å². The van der Waals surface area contributed by atoms with Gasteiger partial charge in [-0.05, 0) is 56.2 Å². The van der Waals surface area contributed by atoms with Crippen molar-refractivity contribution in [1.82, 2.24) is 14.9 Å². The van der Waals surface area contributed by atoms with Gasteiger partial charge in [-0.2, -0.15) is 0 Å². The van der Waals surface area contributed by atoms with E-state index < -0.39 is 6.10 Å². The molecule has 0 spiro atoms. The average Bonchev–Trinajstić information content (AvgIpc) is 3.12. The highest BCUT2D eigenvalue weighted by Crippen LogP contribution is 2.30. The molecule has 5 nitrogen and oxygen atoms in total. The van der Waals surface area contributed by atoms with Crippen LogP contribution in [0.3, 0.4) is 0 Å². The van der Waals surface area contributed by atoms with Gasteiger partial charge >= 0.3 is 0 Å². The fraction of sp³-hybridized carbons (Fsp3) is 0.333. The normalized spacial score (nSPS) is 16.2. The van der Waals surface area contributed by atoms with E-state index in [1.165, 1.54) is 12.1 Å². The van der Waals surface area contributed by atoms with Crippen LogP contribution in [-0.2, 0) is 4.79 Å². The van der Waals surface area contributed by atoms with Crippen LogP contribution in [0.2, 0.25) is 10.0 Å². The van der Waals surface area contributed by atoms with Crippen LogP contribution in [-0.4, -0.2) is 40.0 Å².